The highest BCUT2D eigenvalue weighted by molar-refractivity contribution is 5.94. The van der Waals surface area contributed by atoms with Crippen LogP contribution in [0.25, 0.3) is 0 Å². The van der Waals surface area contributed by atoms with Gasteiger partial charge in [0.25, 0.3) is 0 Å². The van der Waals surface area contributed by atoms with Gasteiger partial charge in [-0.1, -0.05) is 18.2 Å². The van der Waals surface area contributed by atoms with Crippen LogP contribution in [0.2, 0.25) is 0 Å². The van der Waals surface area contributed by atoms with Crippen molar-refractivity contribution in [2.75, 3.05) is 7.11 Å². The van der Waals surface area contributed by atoms with E-state index < -0.39 is 11.6 Å². The minimum Gasteiger partial charge on any atom is -0.496 e. The second kappa shape index (κ2) is 4.47. The molecule has 0 saturated heterocycles. The van der Waals surface area contributed by atoms with Gasteiger partial charge in [0.05, 0.1) is 7.11 Å². The Hall–Kier alpha value is -1.39. The van der Waals surface area contributed by atoms with Crippen molar-refractivity contribution in [2.24, 2.45) is 5.73 Å². The topological polar surface area (TPSA) is 72.6 Å². The van der Waals surface area contributed by atoms with Crippen LogP contribution in [0.15, 0.2) is 24.3 Å². The normalized spacial score (nSPS) is 29.1. The number of rotatable bonds is 2. The van der Waals surface area contributed by atoms with E-state index in [2.05, 4.69) is 0 Å². The van der Waals surface area contributed by atoms with Crippen LogP contribution in [-0.2, 0) is 10.3 Å². The molecule has 2 rings (SSSR count). The first kappa shape index (κ1) is 12.1. The summed E-state index contributed by atoms with van der Waals surface area (Å²) in [7, 11) is 1.55. The first-order valence-electron chi connectivity index (χ1n) is 5.74. The summed E-state index contributed by atoms with van der Waals surface area (Å²) in [5.41, 5.74) is 5.74. The number of benzene rings is 1. The van der Waals surface area contributed by atoms with Crippen LogP contribution in [-0.4, -0.2) is 24.1 Å². The molecule has 0 heterocycles. The molecule has 1 aliphatic carbocycles. The lowest BCUT2D eigenvalue weighted by molar-refractivity contribution is -0.136. The number of carbonyl (C=O) groups is 1. The number of hydrogen-bond acceptors (Lipinski definition) is 4. The fourth-order valence-electron chi connectivity index (χ4n) is 2.41. The molecular weight excluding hydrogens is 218 g/mol. The van der Waals surface area contributed by atoms with Crippen LogP contribution in [0.4, 0.5) is 0 Å². The largest absolute Gasteiger partial charge is 0.496 e. The molecule has 1 aliphatic rings. The van der Waals surface area contributed by atoms with Gasteiger partial charge in [-0.05, 0) is 25.3 Å². The molecule has 17 heavy (non-hydrogen) atoms. The number of aliphatic hydroxyl groups is 1. The molecule has 1 aromatic rings. The van der Waals surface area contributed by atoms with E-state index in [1.165, 1.54) is 0 Å². The van der Waals surface area contributed by atoms with E-state index in [9.17, 15) is 9.90 Å². The Balaban J connectivity index is 2.46. The molecule has 0 bridgehead atoms. The highest BCUT2D eigenvalue weighted by Crippen LogP contribution is 2.36. The SMILES string of the molecule is COc1ccccc1[C@@]1(N)CCC[C@H](O)C1=O. The van der Waals surface area contributed by atoms with Gasteiger partial charge in [-0.2, -0.15) is 0 Å². The van der Waals surface area contributed by atoms with Crippen molar-refractivity contribution in [3.8, 4) is 5.75 Å². The fourth-order valence-corrected chi connectivity index (χ4v) is 2.41. The van der Waals surface area contributed by atoms with E-state index in [0.717, 1.165) is 6.42 Å². The molecule has 4 heteroatoms. The van der Waals surface area contributed by atoms with E-state index in [1.54, 1.807) is 19.2 Å². The third-order valence-electron chi connectivity index (χ3n) is 3.38. The van der Waals surface area contributed by atoms with Gasteiger partial charge in [0, 0.05) is 5.56 Å². The number of hydrogen-bond donors (Lipinski definition) is 2. The molecule has 92 valence electrons. The van der Waals surface area contributed by atoms with Gasteiger partial charge in [0.1, 0.15) is 17.4 Å². The van der Waals surface area contributed by atoms with E-state index in [1.807, 2.05) is 12.1 Å². The van der Waals surface area contributed by atoms with Crippen molar-refractivity contribution in [1.82, 2.24) is 0 Å². The highest BCUT2D eigenvalue weighted by Gasteiger charge is 2.43. The van der Waals surface area contributed by atoms with Crippen molar-refractivity contribution < 1.29 is 14.6 Å². The maximum atomic E-state index is 12.1. The molecule has 2 atom stereocenters. The molecule has 4 nitrogen and oxygen atoms in total. The number of methoxy groups -OCH3 is 1. The predicted octanol–water partition coefficient (Wildman–Crippen LogP) is 0.963. The third-order valence-corrected chi connectivity index (χ3v) is 3.38. The van der Waals surface area contributed by atoms with E-state index in [-0.39, 0.29) is 5.78 Å². The number of Topliss-reactive ketones (excluding diaryl/α,β-unsaturated/α-hetero) is 1. The number of aliphatic hydroxyl groups excluding tert-OH is 1. The lowest BCUT2D eigenvalue weighted by Crippen LogP contribution is -2.52. The van der Waals surface area contributed by atoms with Gasteiger partial charge in [-0.15, -0.1) is 0 Å². The summed E-state index contributed by atoms with van der Waals surface area (Å²) in [6, 6.07) is 7.21. The average Bonchev–Trinajstić information content (AvgIpc) is 2.36. The highest BCUT2D eigenvalue weighted by atomic mass is 16.5. The van der Waals surface area contributed by atoms with E-state index in [4.69, 9.17) is 10.5 Å². The molecule has 1 fully saturated rings. The minimum absolute atomic E-state index is 0.312. The molecule has 3 N–H and O–H groups in total. The number of ketones is 1. The van der Waals surface area contributed by atoms with Crippen LogP contribution < -0.4 is 10.5 Å². The van der Waals surface area contributed by atoms with Crippen LogP contribution in [0, 0.1) is 0 Å². The fraction of sp³-hybridized carbons (Fsp3) is 0.462. The zero-order valence-corrected chi connectivity index (χ0v) is 9.85. The summed E-state index contributed by atoms with van der Waals surface area (Å²) in [4.78, 5) is 12.1. The van der Waals surface area contributed by atoms with Gasteiger partial charge in [0.15, 0.2) is 5.78 Å². The lowest BCUT2D eigenvalue weighted by atomic mass is 9.75. The first-order chi connectivity index (χ1) is 8.09. The maximum absolute atomic E-state index is 12.1. The molecule has 0 radical (unpaired) electrons. The number of para-hydroxylation sites is 1. The molecule has 0 unspecified atom stereocenters. The Morgan fingerprint density at radius 3 is 2.88 bits per heavy atom. The van der Waals surface area contributed by atoms with E-state index >= 15 is 0 Å². The lowest BCUT2D eigenvalue weighted by Gasteiger charge is -2.35. The maximum Gasteiger partial charge on any atom is 0.185 e. The van der Waals surface area contributed by atoms with Crippen molar-refractivity contribution in [2.45, 2.75) is 30.9 Å². The second-order valence-electron chi connectivity index (χ2n) is 4.44. The quantitative estimate of drug-likeness (QED) is 0.801. The molecule has 0 aliphatic heterocycles. The van der Waals surface area contributed by atoms with Crippen molar-refractivity contribution in [3.63, 3.8) is 0 Å². The van der Waals surface area contributed by atoms with Gasteiger partial charge in [0.2, 0.25) is 0 Å². The standard InChI is InChI=1S/C13H17NO3/c1-17-11-7-3-2-5-9(11)13(14)8-4-6-10(15)12(13)16/h2-3,5,7,10,15H,4,6,8,14H2,1H3/t10-,13-/m0/s1. The Labute approximate surface area is 100 Å². The summed E-state index contributed by atoms with van der Waals surface area (Å²) >= 11 is 0. The van der Waals surface area contributed by atoms with Gasteiger partial charge >= 0.3 is 0 Å². The van der Waals surface area contributed by atoms with Crippen LogP contribution in [0.3, 0.4) is 0 Å². The molecule has 0 aromatic heterocycles. The van der Waals surface area contributed by atoms with Crippen LogP contribution in [0.1, 0.15) is 24.8 Å². The number of carbonyl (C=O) groups excluding carboxylic acids is 1. The van der Waals surface area contributed by atoms with Gasteiger partial charge < -0.3 is 15.6 Å². The molecule has 0 amide bonds. The summed E-state index contributed by atoms with van der Waals surface area (Å²) in [6.45, 7) is 0. The second-order valence-corrected chi connectivity index (χ2v) is 4.44. The summed E-state index contributed by atoms with van der Waals surface area (Å²) < 4.78 is 5.23. The molecule has 0 spiro atoms. The zero-order chi connectivity index (χ0) is 12.5. The molecule has 1 aromatic carbocycles. The number of ether oxygens (including phenoxy) is 1. The summed E-state index contributed by atoms with van der Waals surface area (Å²) in [5, 5.41) is 9.67. The summed E-state index contributed by atoms with van der Waals surface area (Å²) in [5.74, 6) is 0.283. The summed E-state index contributed by atoms with van der Waals surface area (Å²) in [6.07, 6.45) is 0.816. The average molecular weight is 235 g/mol. The Morgan fingerprint density at radius 2 is 2.18 bits per heavy atom. The predicted molar refractivity (Wildman–Crippen MR) is 63.7 cm³/mol. The molecule has 1 saturated carbocycles. The van der Waals surface area contributed by atoms with Crippen molar-refractivity contribution in [3.05, 3.63) is 29.8 Å². The van der Waals surface area contributed by atoms with E-state index in [0.29, 0.717) is 24.2 Å². The van der Waals surface area contributed by atoms with Gasteiger partial charge in [-0.3, -0.25) is 4.79 Å². The Morgan fingerprint density at radius 1 is 1.47 bits per heavy atom. The Kier molecular flexibility index (Phi) is 3.17. The monoisotopic (exact) mass is 235 g/mol. The van der Waals surface area contributed by atoms with Crippen LogP contribution >= 0.6 is 0 Å². The Bertz CT molecular complexity index is 432. The van der Waals surface area contributed by atoms with Crippen molar-refractivity contribution in [1.29, 1.82) is 0 Å². The van der Waals surface area contributed by atoms with Crippen LogP contribution in [0.5, 0.6) is 5.75 Å². The minimum atomic E-state index is -1.12. The first-order valence-corrected chi connectivity index (χ1v) is 5.74. The van der Waals surface area contributed by atoms with Crippen molar-refractivity contribution >= 4 is 5.78 Å². The molecular formula is C13H17NO3. The number of nitrogens with two attached hydrogens (primary N) is 1. The van der Waals surface area contributed by atoms with Gasteiger partial charge in [-0.25, -0.2) is 0 Å². The smallest absolute Gasteiger partial charge is 0.185 e. The third kappa shape index (κ3) is 1.94. The zero-order valence-electron chi connectivity index (χ0n) is 9.85.